The van der Waals surface area contributed by atoms with E-state index < -0.39 is 16.1 Å². The van der Waals surface area contributed by atoms with E-state index in [1.54, 1.807) is 6.07 Å². The normalized spacial score (nSPS) is 18.2. The fourth-order valence-corrected chi connectivity index (χ4v) is 5.12. The Morgan fingerprint density at radius 2 is 1.84 bits per heavy atom. The van der Waals surface area contributed by atoms with E-state index in [0.717, 1.165) is 3.57 Å². The van der Waals surface area contributed by atoms with Gasteiger partial charge in [-0.3, -0.25) is 4.79 Å². The number of nitrogens with zero attached hydrogens (tertiary/aromatic N) is 1. The number of anilines is 1. The fourth-order valence-electron chi connectivity index (χ4n) is 2.81. The second kappa shape index (κ2) is 7.61. The lowest BCUT2D eigenvalue weighted by Crippen LogP contribution is -2.43. The van der Waals surface area contributed by atoms with Gasteiger partial charge in [-0.25, -0.2) is 8.42 Å². The maximum Gasteiger partial charge on any atom is 0.243 e. The molecule has 2 aromatic rings. The minimum atomic E-state index is -3.74. The summed E-state index contributed by atoms with van der Waals surface area (Å²) in [5.41, 5.74) is 0.684. The van der Waals surface area contributed by atoms with Crippen molar-refractivity contribution in [2.24, 2.45) is 0 Å². The Bertz CT molecular complexity index is 887. The lowest BCUT2D eigenvalue weighted by atomic mass is 10.2. The molecule has 5 nitrogen and oxygen atoms in total. The van der Waals surface area contributed by atoms with Crippen LogP contribution in [-0.2, 0) is 14.8 Å². The van der Waals surface area contributed by atoms with Crippen molar-refractivity contribution in [2.75, 3.05) is 11.9 Å². The van der Waals surface area contributed by atoms with Gasteiger partial charge in [-0.2, -0.15) is 4.31 Å². The SMILES string of the molecule is O=C(Nc1ccccc1I)C1CCCN1S(=O)(=O)c1ccc(Cl)cc1. The zero-order valence-electron chi connectivity index (χ0n) is 13.2. The average Bonchev–Trinajstić information content (AvgIpc) is 3.08. The van der Waals surface area contributed by atoms with Crippen LogP contribution in [0.5, 0.6) is 0 Å². The van der Waals surface area contributed by atoms with Crippen LogP contribution in [0.4, 0.5) is 5.69 Å². The number of carbonyl (C=O) groups is 1. The zero-order chi connectivity index (χ0) is 18.0. The third-order valence-corrected chi connectivity index (χ3v) is 7.17. The molecule has 132 valence electrons. The highest BCUT2D eigenvalue weighted by Gasteiger charge is 2.39. The molecule has 1 fully saturated rings. The molecule has 1 saturated heterocycles. The highest BCUT2D eigenvalue weighted by molar-refractivity contribution is 14.1. The first-order chi connectivity index (χ1) is 11.9. The van der Waals surface area contributed by atoms with Gasteiger partial charge in [0.25, 0.3) is 0 Å². The number of para-hydroxylation sites is 1. The minimum Gasteiger partial charge on any atom is -0.324 e. The van der Waals surface area contributed by atoms with E-state index in [4.69, 9.17) is 11.6 Å². The Morgan fingerprint density at radius 3 is 2.52 bits per heavy atom. The summed E-state index contributed by atoms with van der Waals surface area (Å²) in [5, 5.41) is 3.31. The summed E-state index contributed by atoms with van der Waals surface area (Å²) in [7, 11) is -3.74. The Morgan fingerprint density at radius 1 is 1.16 bits per heavy atom. The third-order valence-electron chi connectivity index (χ3n) is 4.06. The predicted molar refractivity (Wildman–Crippen MR) is 106 cm³/mol. The molecule has 2 aromatic carbocycles. The second-order valence-electron chi connectivity index (χ2n) is 5.70. The van der Waals surface area contributed by atoms with Crippen LogP contribution in [0.15, 0.2) is 53.4 Å². The molecule has 1 atom stereocenters. The number of carbonyl (C=O) groups excluding carboxylic acids is 1. The molecular formula is C17H16ClIN2O3S. The molecule has 0 saturated carbocycles. The molecule has 25 heavy (non-hydrogen) atoms. The molecule has 0 aromatic heterocycles. The van der Waals surface area contributed by atoms with Gasteiger partial charge in [0.05, 0.1) is 10.6 Å². The Balaban J connectivity index is 1.83. The molecule has 0 bridgehead atoms. The Hall–Kier alpha value is -1.16. The highest BCUT2D eigenvalue weighted by Crippen LogP contribution is 2.28. The van der Waals surface area contributed by atoms with E-state index >= 15 is 0 Å². The fraction of sp³-hybridized carbons (Fsp3) is 0.235. The van der Waals surface area contributed by atoms with Crippen LogP contribution < -0.4 is 5.32 Å². The quantitative estimate of drug-likeness (QED) is 0.664. The van der Waals surface area contributed by atoms with Crippen molar-refractivity contribution in [3.63, 3.8) is 0 Å². The van der Waals surface area contributed by atoms with Gasteiger partial charge < -0.3 is 5.32 Å². The lowest BCUT2D eigenvalue weighted by Gasteiger charge is -2.23. The van der Waals surface area contributed by atoms with Crippen molar-refractivity contribution in [2.45, 2.75) is 23.8 Å². The van der Waals surface area contributed by atoms with Crippen molar-refractivity contribution in [1.82, 2.24) is 4.31 Å². The molecule has 1 amide bonds. The molecular weight excluding hydrogens is 475 g/mol. The van der Waals surface area contributed by atoms with Crippen LogP contribution in [0.1, 0.15) is 12.8 Å². The van der Waals surface area contributed by atoms with Gasteiger partial charge in [0.1, 0.15) is 6.04 Å². The first-order valence-electron chi connectivity index (χ1n) is 7.72. The van der Waals surface area contributed by atoms with Crippen LogP contribution in [-0.4, -0.2) is 31.2 Å². The second-order valence-corrected chi connectivity index (χ2v) is 9.19. The lowest BCUT2D eigenvalue weighted by molar-refractivity contribution is -0.119. The number of nitrogens with one attached hydrogen (secondary N) is 1. The number of hydrogen-bond donors (Lipinski definition) is 1. The van der Waals surface area contributed by atoms with Crippen LogP contribution >= 0.6 is 34.2 Å². The van der Waals surface area contributed by atoms with Gasteiger partial charge in [-0.1, -0.05) is 23.7 Å². The number of benzene rings is 2. The van der Waals surface area contributed by atoms with Gasteiger partial charge >= 0.3 is 0 Å². The van der Waals surface area contributed by atoms with Gasteiger partial charge in [0.15, 0.2) is 0 Å². The summed E-state index contributed by atoms with van der Waals surface area (Å²) in [6.45, 7) is 0.328. The third kappa shape index (κ3) is 3.99. The van der Waals surface area contributed by atoms with Crippen LogP contribution in [0.2, 0.25) is 5.02 Å². The summed E-state index contributed by atoms with van der Waals surface area (Å²) in [6.07, 6.45) is 1.15. The molecule has 0 aliphatic carbocycles. The van der Waals surface area contributed by atoms with E-state index in [9.17, 15) is 13.2 Å². The Labute approximate surface area is 165 Å². The standard InChI is InChI=1S/C17H16ClIN2O3S/c18-12-7-9-13(10-8-12)25(23,24)21-11-3-6-16(21)17(22)20-15-5-2-1-4-14(15)19/h1-2,4-5,7-10,16H,3,6,11H2,(H,20,22). The Kier molecular flexibility index (Phi) is 5.67. The van der Waals surface area contributed by atoms with E-state index in [1.165, 1.54) is 28.6 Å². The van der Waals surface area contributed by atoms with Crippen molar-refractivity contribution in [3.8, 4) is 0 Å². The average molecular weight is 491 g/mol. The van der Waals surface area contributed by atoms with Gasteiger partial charge in [-0.05, 0) is 71.8 Å². The summed E-state index contributed by atoms with van der Waals surface area (Å²) in [4.78, 5) is 12.8. The van der Waals surface area contributed by atoms with E-state index in [2.05, 4.69) is 27.9 Å². The smallest absolute Gasteiger partial charge is 0.243 e. The molecule has 1 aliphatic rings. The summed E-state index contributed by atoms with van der Waals surface area (Å²) in [5.74, 6) is -0.306. The predicted octanol–water partition coefficient (Wildman–Crippen LogP) is 3.74. The largest absolute Gasteiger partial charge is 0.324 e. The molecule has 1 N–H and O–H groups in total. The maximum atomic E-state index is 12.9. The first-order valence-corrected chi connectivity index (χ1v) is 10.6. The monoisotopic (exact) mass is 490 g/mol. The zero-order valence-corrected chi connectivity index (χ0v) is 16.9. The number of halogens is 2. The molecule has 3 rings (SSSR count). The van der Waals surface area contributed by atoms with Crippen molar-refractivity contribution in [1.29, 1.82) is 0 Å². The molecule has 1 aliphatic heterocycles. The van der Waals surface area contributed by atoms with Crippen LogP contribution in [0, 0.1) is 3.57 Å². The van der Waals surface area contributed by atoms with Crippen LogP contribution in [0.3, 0.4) is 0 Å². The van der Waals surface area contributed by atoms with Crippen LogP contribution in [0.25, 0.3) is 0 Å². The van der Waals surface area contributed by atoms with E-state index in [1.807, 2.05) is 18.2 Å². The minimum absolute atomic E-state index is 0.144. The maximum absolute atomic E-state index is 12.9. The number of hydrogen-bond acceptors (Lipinski definition) is 3. The van der Waals surface area contributed by atoms with E-state index in [0.29, 0.717) is 30.1 Å². The summed E-state index contributed by atoms with van der Waals surface area (Å²) < 4.78 is 27.9. The molecule has 0 radical (unpaired) electrons. The van der Waals surface area contributed by atoms with Gasteiger partial charge in [0.2, 0.25) is 15.9 Å². The summed E-state index contributed by atoms with van der Waals surface area (Å²) in [6, 6.07) is 12.7. The van der Waals surface area contributed by atoms with Crippen molar-refractivity contribution < 1.29 is 13.2 Å². The van der Waals surface area contributed by atoms with Crippen molar-refractivity contribution in [3.05, 3.63) is 57.1 Å². The number of rotatable bonds is 4. The summed E-state index contributed by atoms with van der Waals surface area (Å²) >= 11 is 7.96. The highest BCUT2D eigenvalue weighted by atomic mass is 127. The molecule has 0 spiro atoms. The van der Waals surface area contributed by atoms with E-state index in [-0.39, 0.29) is 10.8 Å². The first kappa shape index (κ1) is 18.6. The number of amides is 1. The number of sulfonamides is 1. The van der Waals surface area contributed by atoms with Gasteiger partial charge in [-0.15, -0.1) is 0 Å². The molecule has 8 heteroatoms. The molecule has 1 unspecified atom stereocenters. The topological polar surface area (TPSA) is 66.5 Å². The van der Waals surface area contributed by atoms with Gasteiger partial charge in [0, 0.05) is 15.1 Å². The van der Waals surface area contributed by atoms with Crippen molar-refractivity contribution >= 4 is 55.8 Å². The molecule has 1 heterocycles.